The Morgan fingerprint density at radius 3 is 2.81 bits per heavy atom. The van der Waals surface area contributed by atoms with Crippen molar-refractivity contribution in [1.82, 2.24) is 9.97 Å². The number of nitrogens with zero attached hydrogens (tertiary/aromatic N) is 2. The first-order valence-electron chi connectivity index (χ1n) is 4.29. The molecule has 0 bridgehead atoms. The van der Waals surface area contributed by atoms with Crippen LogP contribution >= 0.6 is 11.3 Å². The van der Waals surface area contributed by atoms with Gasteiger partial charge in [-0.05, 0) is 19.1 Å². The summed E-state index contributed by atoms with van der Waals surface area (Å²) in [5.74, 6) is -1.02. The zero-order valence-corrected chi connectivity index (χ0v) is 9.78. The first-order chi connectivity index (χ1) is 7.18. The van der Waals surface area contributed by atoms with Crippen LogP contribution in [0.25, 0.3) is 10.6 Å². The summed E-state index contributed by atoms with van der Waals surface area (Å²) < 4.78 is 0. The Morgan fingerprint density at radius 2 is 2.25 bits per heavy atom. The SMILES string of the molecule is Cc1ccc(-c2nccs2)c(C(=O)O)n1.[H-].[Li+]. The number of thiazole rings is 1. The van der Waals surface area contributed by atoms with E-state index in [1.54, 1.807) is 30.6 Å². The van der Waals surface area contributed by atoms with Crippen molar-refractivity contribution in [3.05, 3.63) is 35.1 Å². The van der Waals surface area contributed by atoms with Gasteiger partial charge in [-0.1, -0.05) is 0 Å². The first-order valence-corrected chi connectivity index (χ1v) is 5.17. The van der Waals surface area contributed by atoms with Crippen molar-refractivity contribution in [1.29, 1.82) is 0 Å². The number of carboxylic acid groups (broad SMARTS) is 1. The molecular weight excluding hydrogens is 219 g/mol. The maximum atomic E-state index is 11.0. The van der Waals surface area contributed by atoms with Crippen LogP contribution < -0.4 is 18.9 Å². The van der Waals surface area contributed by atoms with Crippen LogP contribution in [0, 0.1) is 6.92 Å². The smallest absolute Gasteiger partial charge is 1.00 e. The fourth-order valence-corrected chi connectivity index (χ4v) is 1.91. The van der Waals surface area contributed by atoms with Crippen molar-refractivity contribution >= 4 is 17.3 Å². The fraction of sp³-hybridized carbons (Fsp3) is 0.100. The molecule has 2 aromatic heterocycles. The summed E-state index contributed by atoms with van der Waals surface area (Å²) in [5.41, 5.74) is 1.32. The van der Waals surface area contributed by atoms with Crippen molar-refractivity contribution < 1.29 is 30.2 Å². The molecular formula is C10H9LiN2O2S. The third-order valence-electron chi connectivity index (χ3n) is 1.90. The van der Waals surface area contributed by atoms with Gasteiger partial charge in [-0.15, -0.1) is 11.3 Å². The average Bonchev–Trinajstić information content (AvgIpc) is 2.70. The molecule has 2 aromatic rings. The number of aryl methyl sites for hydroxylation is 1. The summed E-state index contributed by atoms with van der Waals surface area (Å²) in [6, 6.07) is 3.52. The van der Waals surface area contributed by atoms with E-state index in [-0.39, 0.29) is 26.0 Å². The average molecular weight is 228 g/mol. The number of hydrogen-bond acceptors (Lipinski definition) is 4. The first kappa shape index (κ1) is 12.9. The number of aromatic carboxylic acids is 1. The van der Waals surface area contributed by atoms with Crippen LogP contribution in [0.5, 0.6) is 0 Å². The van der Waals surface area contributed by atoms with Crippen LogP contribution in [0.4, 0.5) is 0 Å². The third kappa shape index (κ3) is 2.50. The molecule has 78 valence electrons. The van der Waals surface area contributed by atoms with E-state index in [1.807, 2.05) is 0 Å². The molecule has 0 atom stereocenters. The molecule has 1 N–H and O–H groups in total. The second kappa shape index (κ2) is 5.26. The molecule has 0 aliphatic rings. The second-order valence-corrected chi connectivity index (χ2v) is 3.89. The van der Waals surface area contributed by atoms with Crippen LogP contribution in [-0.2, 0) is 0 Å². The van der Waals surface area contributed by atoms with Crippen molar-refractivity contribution in [2.45, 2.75) is 6.92 Å². The Balaban J connectivity index is 0.00000128. The standard InChI is InChI=1S/C10H8N2O2S.Li.H/c1-6-2-3-7(8(12-6)10(13)14)9-11-4-5-15-9;;/h2-5H,1H3,(H,13,14);;/q;+1;-1. The van der Waals surface area contributed by atoms with Crippen LogP contribution in [0.1, 0.15) is 17.6 Å². The van der Waals surface area contributed by atoms with Crippen molar-refractivity contribution in [2.24, 2.45) is 0 Å². The minimum absolute atomic E-state index is 0. The topological polar surface area (TPSA) is 63.1 Å². The van der Waals surface area contributed by atoms with E-state index in [4.69, 9.17) is 5.11 Å². The van der Waals surface area contributed by atoms with Gasteiger partial charge in [0.25, 0.3) is 0 Å². The summed E-state index contributed by atoms with van der Waals surface area (Å²) in [4.78, 5) is 19.1. The zero-order valence-electron chi connectivity index (χ0n) is 9.97. The Labute approximate surface area is 110 Å². The minimum Gasteiger partial charge on any atom is -1.00 e. The van der Waals surface area contributed by atoms with Gasteiger partial charge in [0.15, 0.2) is 5.69 Å². The second-order valence-electron chi connectivity index (χ2n) is 2.99. The predicted octanol–water partition coefficient (Wildman–Crippen LogP) is -0.672. The molecule has 2 rings (SSSR count). The minimum atomic E-state index is -1.02. The molecule has 0 spiro atoms. The number of hydrogen-bond donors (Lipinski definition) is 1. The van der Waals surface area contributed by atoms with Gasteiger partial charge in [0.2, 0.25) is 0 Å². The van der Waals surface area contributed by atoms with Gasteiger partial charge in [-0.25, -0.2) is 14.8 Å². The van der Waals surface area contributed by atoms with Gasteiger partial charge in [0.05, 0.1) is 0 Å². The van der Waals surface area contributed by atoms with Crippen molar-refractivity contribution in [2.75, 3.05) is 0 Å². The maximum Gasteiger partial charge on any atom is 1.00 e. The van der Waals surface area contributed by atoms with E-state index in [9.17, 15) is 4.79 Å². The number of carbonyl (C=O) groups is 1. The molecule has 0 saturated heterocycles. The molecule has 2 heterocycles. The fourth-order valence-electron chi connectivity index (χ4n) is 1.25. The summed E-state index contributed by atoms with van der Waals surface area (Å²) in [7, 11) is 0. The van der Waals surface area contributed by atoms with Gasteiger partial charge in [-0.2, -0.15) is 0 Å². The largest absolute Gasteiger partial charge is 1.00 e. The van der Waals surface area contributed by atoms with Gasteiger partial charge < -0.3 is 6.53 Å². The van der Waals surface area contributed by atoms with Crippen LogP contribution in [0.15, 0.2) is 23.7 Å². The summed E-state index contributed by atoms with van der Waals surface area (Å²) in [6.45, 7) is 1.76. The van der Waals surface area contributed by atoms with Gasteiger partial charge in [0.1, 0.15) is 5.01 Å². The van der Waals surface area contributed by atoms with E-state index in [1.165, 1.54) is 11.3 Å². The number of carboxylic acids is 1. The van der Waals surface area contributed by atoms with Gasteiger partial charge >= 0.3 is 24.8 Å². The Bertz CT molecular complexity index is 505. The van der Waals surface area contributed by atoms with Crippen molar-refractivity contribution in [3.8, 4) is 10.6 Å². The monoisotopic (exact) mass is 228 g/mol. The Kier molecular flexibility index (Phi) is 4.24. The van der Waals surface area contributed by atoms with Crippen LogP contribution in [0.2, 0.25) is 0 Å². The quantitative estimate of drug-likeness (QED) is 0.692. The van der Waals surface area contributed by atoms with Crippen LogP contribution in [0.3, 0.4) is 0 Å². The van der Waals surface area contributed by atoms with E-state index in [0.29, 0.717) is 16.3 Å². The summed E-state index contributed by atoms with van der Waals surface area (Å²) in [5, 5.41) is 11.5. The molecule has 0 amide bonds. The Hall–Kier alpha value is -1.15. The number of aromatic nitrogens is 2. The zero-order chi connectivity index (χ0) is 10.8. The van der Waals surface area contributed by atoms with E-state index in [2.05, 4.69) is 9.97 Å². The van der Waals surface area contributed by atoms with Gasteiger partial charge in [0, 0.05) is 22.8 Å². The number of pyridine rings is 1. The molecule has 0 aliphatic heterocycles. The summed E-state index contributed by atoms with van der Waals surface area (Å²) in [6.07, 6.45) is 1.64. The molecule has 16 heavy (non-hydrogen) atoms. The normalized spacial score (nSPS) is 9.56. The van der Waals surface area contributed by atoms with Gasteiger partial charge in [-0.3, -0.25) is 0 Å². The molecule has 0 aliphatic carbocycles. The van der Waals surface area contributed by atoms with Crippen molar-refractivity contribution in [3.63, 3.8) is 0 Å². The number of rotatable bonds is 2. The molecule has 0 fully saturated rings. The molecule has 0 aromatic carbocycles. The van der Waals surface area contributed by atoms with Crippen LogP contribution in [-0.4, -0.2) is 21.0 Å². The molecule has 0 radical (unpaired) electrons. The predicted molar refractivity (Wildman–Crippen MR) is 58.2 cm³/mol. The van der Waals surface area contributed by atoms with E-state index in [0.717, 1.165) is 0 Å². The van der Waals surface area contributed by atoms with E-state index >= 15 is 0 Å². The van der Waals surface area contributed by atoms with E-state index < -0.39 is 5.97 Å². The molecule has 4 nitrogen and oxygen atoms in total. The Morgan fingerprint density at radius 1 is 1.50 bits per heavy atom. The third-order valence-corrected chi connectivity index (χ3v) is 2.71. The molecule has 0 saturated carbocycles. The molecule has 6 heteroatoms. The molecule has 0 unspecified atom stereocenters. The summed E-state index contributed by atoms with van der Waals surface area (Å²) >= 11 is 1.40. The maximum absolute atomic E-state index is 11.0.